The van der Waals surface area contributed by atoms with Gasteiger partial charge in [0.05, 0.1) is 0 Å². The van der Waals surface area contributed by atoms with Gasteiger partial charge in [0.2, 0.25) is 0 Å². The van der Waals surface area contributed by atoms with Crippen molar-refractivity contribution in [1.29, 1.82) is 0 Å². The van der Waals surface area contributed by atoms with Gasteiger partial charge in [-0.1, -0.05) is 6.92 Å². The van der Waals surface area contributed by atoms with E-state index in [9.17, 15) is 16.8 Å². The van der Waals surface area contributed by atoms with Crippen molar-refractivity contribution in [3.8, 4) is 0 Å². The molecule has 0 amide bonds. The van der Waals surface area contributed by atoms with Crippen LogP contribution in [0.15, 0.2) is 0 Å². The van der Waals surface area contributed by atoms with Gasteiger partial charge in [0.15, 0.2) is 6.10 Å². The van der Waals surface area contributed by atoms with Crippen molar-refractivity contribution in [1.82, 2.24) is 0 Å². The predicted molar refractivity (Wildman–Crippen MR) is 39.0 cm³/mol. The Kier molecular flexibility index (Phi) is 1.94. The lowest BCUT2D eigenvalue weighted by Gasteiger charge is -2.34. The van der Waals surface area contributed by atoms with Crippen LogP contribution in [0.4, 0.5) is 0 Å². The van der Waals surface area contributed by atoms with E-state index >= 15 is 0 Å². The molecule has 2 heterocycles. The quantitative estimate of drug-likeness (QED) is 0.580. The molecule has 0 N–H and O–H groups in total. The molecule has 2 aliphatic heterocycles. The molecule has 2 saturated heterocycles. The molecule has 0 bridgehead atoms. The molecule has 1 spiro atoms. The lowest BCUT2D eigenvalue weighted by molar-refractivity contribution is -0.319. The first kappa shape index (κ1) is 10.3. The standard InChI is InChI=1S/C4H6O8S2/c1-2-3-4(10-13(5,6)9-3)11-14(7,8)12-4/h3H,2H2,1H3. The Balaban J connectivity index is 2.30. The predicted octanol–water partition coefficient (Wildman–Crippen LogP) is -0.998. The highest BCUT2D eigenvalue weighted by Crippen LogP contribution is 2.44. The maximum Gasteiger partial charge on any atom is 0.409 e. The molecule has 2 rings (SSSR count). The van der Waals surface area contributed by atoms with E-state index in [-0.39, 0.29) is 6.42 Å². The van der Waals surface area contributed by atoms with E-state index in [4.69, 9.17) is 0 Å². The Morgan fingerprint density at radius 3 is 2.00 bits per heavy atom. The van der Waals surface area contributed by atoms with Crippen molar-refractivity contribution in [2.45, 2.75) is 25.4 Å². The Labute approximate surface area is 80.4 Å². The van der Waals surface area contributed by atoms with Gasteiger partial charge in [0, 0.05) is 0 Å². The summed E-state index contributed by atoms with van der Waals surface area (Å²) in [5.74, 6) is -2.15. The third-order valence-corrected chi connectivity index (χ3v) is 3.43. The van der Waals surface area contributed by atoms with Gasteiger partial charge in [0.1, 0.15) is 0 Å². The molecule has 82 valence electrons. The molecule has 0 aromatic rings. The third kappa shape index (κ3) is 1.43. The molecule has 1 unspecified atom stereocenters. The van der Waals surface area contributed by atoms with Crippen LogP contribution < -0.4 is 0 Å². The van der Waals surface area contributed by atoms with Gasteiger partial charge in [-0.25, -0.2) is 4.18 Å². The summed E-state index contributed by atoms with van der Waals surface area (Å²) in [7, 11) is -8.38. The fourth-order valence-electron chi connectivity index (χ4n) is 1.16. The molecule has 0 aliphatic carbocycles. The SMILES string of the molecule is CCC1OS(=O)(=O)OC12OS(=O)(=O)O2. The van der Waals surface area contributed by atoms with Gasteiger partial charge in [0.25, 0.3) is 0 Å². The van der Waals surface area contributed by atoms with E-state index < -0.39 is 32.9 Å². The monoisotopic (exact) mass is 246 g/mol. The summed E-state index contributed by atoms with van der Waals surface area (Å²) >= 11 is 0. The largest absolute Gasteiger partial charge is 0.409 e. The fourth-order valence-corrected chi connectivity index (χ4v) is 3.15. The highest BCUT2D eigenvalue weighted by molar-refractivity contribution is 7.83. The fraction of sp³-hybridized carbons (Fsp3) is 1.00. The Morgan fingerprint density at radius 1 is 1.07 bits per heavy atom. The number of hydrogen-bond acceptors (Lipinski definition) is 8. The minimum atomic E-state index is -4.24. The van der Waals surface area contributed by atoms with Crippen LogP contribution in [0.3, 0.4) is 0 Å². The first-order chi connectivity index (χ1) is 6.29. The van der Waals surface area contributed by atoms with Crippen LogP contribution in [0.1, 0.15) is 13.3 Å². The van der Waals surface area contributed by atoms with E-state index in [1.54, 1.807) is 6.92 Å². The van der Waals surface area contributed by atoms with Gasteiger partial charge in [-0.05, 0) is 6.42 Å². The number of rotatable bonds is 1. The molecule has 8 nitrogen and oxygen atoms in total. The molecule has 2 fully saturated rings. The minimum absolute atomic E-state index is 0.161. The molecule has 14 heavy (non-hydrogen) atoms. The third-order valence-electron chi connectivity index (χ3n) is 1.65. The summed E-state index contributed by atoms with van der Waals surface area (Å²) in [5, 5.41) is 0. The van der Waals surface area contributed by atoms with Crippen molar-refractivity contribution in [3.05, 3.63) is 0 Å². The molecular weight excluding hydrogens is 240 g/mol. The van der Waals surface area contributed by atoms with E-state index in [1.807, 2.05) is 0 Å². The van der Waals surface area contributed by atoms with Gasteiger partial charge in [-0.3, -0.25) is 0 Å². The Morgan fingerprint density at radius 2 is 1.57 bits per heavy atom. The average molecular weight is 246 g/mol. The molecule has 2 aliphatic rings. The summed E-state index contributed by atoms with van der Waals surface area (Å²) in [4.78, 5) is 0. The van der Waals surface area contributed by atoms with Crippen LogP contribution in [0.5, 0.6) is 0 Å². The summed E-state index contributed by atoms with van der Waals surface area (Å²) in [6.07, 6.45) is -0.953. The summed E-state index contributed by atoms with van der Waals surface area (Å²) in [5.41, 5.74) is 0. The second-order valence-corrected chi connectivity index (χ2v) is 4.99. The first-order valence-corrected chi connectivity index (χ1v) is 6.25. The van der Waals surface area contributed by atoms with Crippen LogP contribution in [0.25, 0.3) is 0 Å². The van der Waals surface area contributed by atoms with E-state index in [0.29, 0.717) is 0 Å². The van der Waals surface area contributed by atoms with Crippen LogP contribution in [-0.4, -0.2) is 28.9 Å². The van der Waals surface area contributed by atoms with Crippen molar-refractivity contribution in [3.63, 3.8) is 0 Å². The molecule has 0 radical (unpaired) electrons. The zero-order valence-electron chi connectivity index (χ0n) is 6.87. The molecule has 0 aromatic carbocycles. The first-order valence-electron chi connectivity index (χ1n) is 3.59. The van der Waals surface area contributed by atoms with E-state index in [2.05, 4.69) is 16.7 Å². The van der Waals surface area contributed by atoms with Gasteiger partial charge < -0.3 is 0 Å². The van der Waals surface area contributed by atoms with Crippen LogP contribution in [0.2, 0.25) is 0 Å². The highest BCUT2D eigenvalue weighted by Gasteiger charge is 2.67. The molecule has 0 saturated carbocycles. The van der Waals surface area contributed by atoms with Crippen molar-refractivity contribution >= 4 is 20.8 Å². The topological polar surface area (TPSA) is 105 Å². The number of hydrogen-bond donors (Lipinski definition) is 0. The average Bonchev–Trinajstić information content (AvgIpc) is 2.18. The summed E-state index contributed by atoms with van der Waals surface area (Å²) in [6, 6.07) is 0. The van der Waals surface area contributed by atoms with Crippen LogP contribution >= 0.6 is 0 Å². The van der Waals surface area contributed by atoms with Crippen molar-refractivity contribution < 1.29 is 33.6 Å². The van der Waals surface area contributed by atoms with Gasteiger partial charge >= 0.3 is 26.8 Å². The molecular formula is C4H6O8S2. The molecule has 0 aromatic heterocycles. The van der Waals surface area contributed by atoms with Gasteiger partial charge in [-0.2, -0.15) is 29.4 Å². The summed E-state index contributed by atoms with van der Waals surface area (Å²) in [6.45, 7) is 1.56. The highest BCUT2D eigenvalue weighted by atomic mass is 32.3. The molecule has 10 heteroatoms. The lowest BCUT2D eigenvalue weighted by atomic mass is 10.2. The zero-order valence-corrected chi connectivity index (χ0v) is 8.50. The van der Waals surface area contributed by atoms with E-state index in [1.165, 1.54) is 0 Å². The van der Waals surface area contributed by atoms with Crippen molar-refractivity contribution in [2.24, 2.45) is 0 Å². The molecule has 1 atom stereocenters. The Hall–Kier alpha value is -0.260. The normalized spacial score (nSPS) is 36.8. The lowest BCUT2D eigenvalue weighted by Crippen LogP contribution is -2.56. The maximum absolute atomic E-state index is 10.8. The summed E-state index contributed by atoms with van der Waals surface area (Å²) < 4.78 is 59.8. The van der Waals surface area contributed by atoms with Gasteiger partial charge in [-0.15, -0.1) is 0 Å². The second kappa shape index (κ2) is 2.65. The van der Waals surface area contributed by atoms with E-state index in [0.717, 1.165) is 0 Å². The van der Waals surface area contributed by atoms with Crippen LogP contribution in [-0.2, 0) is 37.5 Å². The smallest absolute Gasteiger partial charge is 0.236 e. The zero-order chi connectivity index (χ0) is 10.6. The maximum atomic E-state index is 10.8. The Bertz CT molecular complexity index is 434. The second-order valence-electron chi connectivity index (χ2n) is 2.66. The van der Waals surface area contributed by atoms with Crippen molar-refractivity contribution in [2.75, 3.05) is 0 Å². The minimum Gasteiger partial charge on any atom is -0.236 e. The van der Waals surface area contributed by atoms with Crippen LogP contribution in [0, 0.1) is 0 Å².